The lowest BCUT2D eigenvalue weighted by Gasteiger charge is -2.11. The van der Waals surface area contributed by atoms with Gasteiger partial charge in [0.05, 0.1) is 27.3 Å². The predicted molar refractivity (Wildman–Crippen MR) is 124 cm³/mol. The van der Waals surface area contributed by atoms with Gasteiger partial charge in [0.15, 0.2) is 6.61 Å². The number of hydrogen-bond acceptors (Lipinski definition) is 6. The van der Waals surface area contributed by atoms with E-state index in [1.54, 1.807) is 36.4 Å². The van der Waals surface area contributed by atoms with Gasteiger partial charge in [0.2, 0.25) is 10.0 Å². The molecule has 0 spiro atoms. The van der Waals surface area contributed by atoms with Gasteiger partial charge in [-0.15, -0.1) is 0 Å². The summed E-state index contributed by atoms with van der Waals surface area (Å²) >= 11 is 12.1. The van der Waals surface area contributed by atoms with Gasteiger partial charge < -0.3 is 14.8 Å². The molecule has 0 heterocycles. The third-order valence-electron chi connectivity index (χ3n) is 4.20. The van der Waals surface area contributed by atoms with Crippen LogP contribution in [0.3, 0.4) is 0 Å². The number of primary sulfonamides is 1. The third kappa shape index (κ3) is 7.10. The molecule has 1 amide bonds. The number of allylic oxidation sites excluding steroid dienone is 5. The van der Waals surface area contributed by atoms with Gasteiger partial charge in [-0.3, -0.25) is 4.79 Å². The maximum absolute atomic E-state index is 12.3. The molecule has 2 aromatic carbocycles. The Bertz CT molecular complexity index is 1330. The van der Waals surface area contributed by atoms with Crippen molar-refractivity contribution in [3.63, 3.8) is 0 Å². The van der Waals surface area contributed by atoms with Crippen LogP contribution in [0, 0.1) is 11.3 Å². The number of hydrogen-bond donors (Lipinski definition) is 2. The van der Waals surface area contributed by atoms with Crippen molar-refractivity contribution < 1.29 is 22.7 Å². The average molecular weight is 506 g/mol. The molecule has 0 aromatic heterocycles. The molecule has 170 valence electrons. The average Bonchev–Trinajstić information content (AvgIpc) is 2.93. The Labute approximate surface area is 200 Å². The quantitative estimate of drug-likeness (QED) is 0.582. The predicted octanol–water partition coefficient (Wildman–Crippen LogP) is 4.08. The Morgan fingerprint density at radius 1 is 1.15 bits per heavy atom. The van der Waals surface area contributed by atoms with Crippen molar-refractivity contribution in [1.29, 1.82) is 5.26 Å². The summed E-state index contributed by atoms with van der Waals surface area (Å²) in [6, 6.07) is 13.2. The van der Waals surface area contributed by atoms with E-state index in [1.165, 1.54) is 24.3 Å². The highest BCUT2D eigenvalue weighted by Gasteiger charge is 2.16. The van der Waals surface area contributed by atoms with Crippen molar-refractivity contribution in [3.05, 3.63) is 86.9 Å². The number of nitrogens with one attached hydrogen (secondary N) is 1. The summed E-state index contributed by atoms with van der Waals surface area (Å²) < 4.78 is 34.3. The van der Waals surface area contributed by atoms with Crippen molar-refractivity contribution in [3.8, 4) is 23.3 Å². The molecule has 0 unspecified atom stereocenters. The highest BCUT2D eigenvalue weighted by atomic mass is 35.5. The van der Waals surface area contributed by atoms with Crippen LogP contribution in [-0.4, -0.2) is 20.9 Å². The van der Waals surface area contributed by atoms with E-state index >= 15 is 0 Å². The number of halogens is 2. The molecule has 3 N–H and O–H groups in total. The van der Waals surface area contributed by atoms with Crippen LogP contribution >= 0.6 is 23.2 Å². The molecule has 8 nitrogen and oxygen atoms in total. The zero-order chi connectivity index (χ0) is 24.0. The van der Waals surface area contributed by atoms with Gasteiger partial charge in [-0.05, 0) is 42.5 Å². The van der Waals surface area contributed by atoms with Crippen LogP contribution in [0.15, 0.2) is 76.3 Å². The minimum absolute atomic E-state index is 0.0229. The fourth-order valence-electron chi connectivity index (χ4n) is 2.74. The molecule has 1 aliphatic rings. The molecule has 0 saturated heterocycles. The normalized spacial score (nSPS) is 13.6. The number of carbonyl (C=O) groups is 1. The first-order valence-electron chi connectivity index (χ1n) is 9.35. The number of nitriles is 1. The first-order chi connectivity index (χ1) is 15.6. The molecule has 2 aromatic rings. The van der Waals surface area contributed by atoms with E-state index in [1.807, 2.05) is 6.07 Å². The molecule has 3 rings (SSSR count). The van der Waals surface area contributed by atoms with E-state index in [-0.39, 0.29) is 28.7 Å². The first kappa shape index (κ1) is 24.4. The fourth-order valence-corrected chi connectivity index (χ4v) is 3.88. The van der Waals surface area contributed by atoms with E-state index in [0.717, 1.165) is 0 Å². The lowest BCUT2D eigenvalue weighted by atomic mass is 10.2. The van der Waals surface area contributed by atoms with Crippen molar-refractivity contribution in [2.45, 2.75) is 6.42 Å². The lowest BCUT2D eigenvalue weighted by Crippen LogP contribution is -2.28. The van der Waals surface area contributed by atoms with Crippen molar-refractivity contribution >= 4 is 39.1 Å². The molecule has 0 saturated carbocycles. The summed E-state index contributed by atoms with van der Waals surface area (Å²) in [5.41, 5.74) is 0.573. The van der Waals surface area contributed by atoms with Gasteiger partial charge in [0, 0.05) is 17.5 Å². The summed E-state index contributed by atoms with van der Waals surface area (Å²) in [5.74, 6) is 0.637. The monoisotopic (exact) mass is 505 g/mol. The molecule has 33 heavy (non-hydrogen) atoms. The fraction of sp³-hybridized carbons (Fsp3) is 0.0909. The molecule has 0 aliphatic heterocycles. The number of sulfonamides is 1. The highest BCUT2D eigenvalue weighted by molar-refractivity contribution is 7.93. The molecule has 0 radical (unpaired) electrons. The van der Waals surface area contributed by atoms with E-state index in [0.29, 0.717) is 27.8 Å². The summed E-state index contributed by atoms with van der Waals surface area (Å²) in [6.07, 6.45) is 4.27. The van der Waals surface area contributed by atoms with E-state index in [2.05, 4.69) is 5.32 Å². The summed E-state index contributed by atoms with van der Waals surface area (Å²) in [4.78, 5) is 12.2. The zero-order valence-corrected chi connectivity index (χ0v) is 19.2. The molecule has 0 atom stereocenters. The zero-order valence-electron chi connectivity index (χ0n) is 16.9. The topological polar surface area (TPSA) is 132 Å². The maximum atomic E-state index is 12.3. The Morgan fingerprint density at radius 3 is 2.64 bits per heavy atom. The number of amides is 1. The van der Waals surface area contributed by atoms with Crippen LogP contribution in [0.5, 0.6) is 17.2 Å². The van der Waals surface area contributed by atoms with Crippen LogP contribution < -0.4 is 19.9 Å². The van der Waals surface area contributed by atoms with Gasteiger partial charge in [-0.2, -0.15) is 5.26 Å². The van der Waals surface area contributed by atoms with E-state index < -0.39 is 15.9 Å². The first-order valence-corrected chi connectivity index (χ1v) is 11.7. The van der Waals surface area contributed by atoms with Crippen molar-refractivity contribution in [1.82, 2.24) is 5.32 Å². The number of nitrogens with two attached hydrogens (primary N) is 1. The van der Waals surface area contributed by atoms with Crippen LogP contribution in [0.25, 0.3) is 0 Å². The van der Waals surface area contributed by atoms with Crippen LogP contribution in [-0.2, 0) is 14.8 Å². The summed E-state index contributed by atoms with van der Waals surface area (Å²) in [7, 11) is -3.89. The standard InChI is InChI=1S/C22H17Cl2N3O5S/c23-15-7-14(12-25)8-18(9-15)32-17-4-1-3-16(10-17)31-13-22(28)27-21-6-2-5-19(11-20(21)24)33(26,29)30/h1-4,6-11H,5,13H2,(H,27,28)(H2,26,29,30). The number of carbonyl (C=O) groups excluding carboxylic acids is 1. The Balaban J connectivity index is 1.64. The summed E-state index contributed by atoms with van der Waals surface area (Å²) in [6.45, 7) is -0.341. The highest BCUT2D eigenvalue weighted by Crippen LogP contribution is 2.28. The minimum Gasteiger partial charge on any atom is -0.484 e. The maximum Gasteiger partial charge on any atom is 0.262 e. The van der Waals surface area contributed by atoms with Gasteiger partial charge in [0.25, 0.3) is 5.91 Å². The van der Waals surface area contributed by atoms with E-state index in [4.69, 9.17) is 43.1 Å². The SMILES string of the molecule is N#Cc1cc(Cl)cc(Oc2cccc(OCC(=O)NC3=C(Cl)C=C(S(N)(=O)=O)CC=C3)c2)c1. The van der Waals surface area contributed by atoms with Crippen molar-refractivity contribution in [2.75, 3.05) is 6.61 Å². The number of rotatable bonds is 7. The molecule has 1 aliphatic carbocycles. The number of benzene rings is 2. The Kier molecular flexibility index (Phi) is 7.79. The van der Waals surface area contributed by atoms with Crippen molar-refractivity contribution in [2.24, 2.45) is 5.14 Å². The van der Waals surface area contributed by atoms with Gasteiger partial charge >= 0.3 is 0 Å². The smallest absolute Gasteiger partial charge is 0.262 e. The Hall–Kier alpha value is -3.29. The molecule has 0 bridgehead atoms. The Morgan fingerprint density at radius 2 is 1.91 bits per heavy atom. The molecule has 0 fully saturated rings. The minimum atomic E-state index is -3.89. The second-order valence-electron chi connectivity index (χ2n) is 6.72. The van der Waals surface area contributed by atoms with Crippen LogP contribution in [0.4, 0.5) is 0 Å². The lowest BCUT2D eigenvalue weighted by molar-refractivity contribution is -0.122. The van der Waals surface area contributed by atoms with Gasteiger partial charge in [-0.25, -0.2) is 13.6 Å². The van der Waals surface area contributed by atoms with Crippen LogP contribution in [0.2, 0.25) is 5.02 Å². The molecule has 11 heteroatoms. The van der Waals surface area contributed by atoms with E-state index in [9.17, 15) is 13.2 Å². The largest absolute Gasteiger partial charge is 0.484 e. The third-order valence-corrected chi connectivity index (χ3v) is 5.75. The molecular formula is C22H17Cl2N3O5S. The number of nitrogens with zero attached hydrogens (tertiary/aromatic N) is 1. The molecular weight excluding hydrogens is 489 g/mol. The summed E-state index contributed by atoms with van der Waals surface area (Å²) in [5, 5.41) is 17.1. The van der Waals surface area contributed by atoms with Gasteiger partial charge in [-0.1, -0.05) is 35.3 Å². The second-order valence-corrected chi connectivity index (χ2v) is 9.18. The van der Waals surface area contributed by atoms with Gasteiger partial charge in [0.1, 0.15) is 17.2 Å². The van der Waals surface area contributed by atoms with Crippen LogP contribution in [0.1, 0.15) is 12.0 Å². The number of ether oxygens (including phenoxy) is 2. The second kappa shape index (κ2) is 10.6.